The van der Waals surface area contributed by atoms with E-state index in [1.165, 1.54) is 6.07 Å². The van der Waals surface area contributed by atoms with Gasteiger partial charge in [-0.15, -0.1) is 0 Å². The van der Waals surface area contributed by atoms with Crippen molar-refractivity contribution in [3.05, 3.63) is 29.6 Å². The van der Waals surface area contributed by atoms with Gasteiger partial charge in [0.15, 0.2) is 0 Å². The molecule has 0 amide bonds. The summed E-state index contributed by atoms with van der Waals surface area (Å²) in [4.78, 5) is 6.27. The molecule has 1 N–H and O–H groups in total. The Bertz CT molecular complexity index is 485. The summed E-state index contributed by atoms with van der Waals surface area (Å²) in [7, 11) is 0. The molecule has 0 radical (unpaired) electrons. The highest BCUT2D eigenvalue weighted by atomic mass is 19.4. The van der Waals surface area contributed by atoms with Crippen molar-refractivity contribution < 1.29 is 13.2 Å². The highest BCUT2D eigenvalue weighted by Gasteiger charge is 2.35. The molecule has 2 rings (SSSR count). The van der Waals surface area contributed by atoms with E-state index in [1.807, 2.05) is 0 Å². The summed E-state index contributed by atoms with van der Waals surface area (Å²) in [6, 6.07) is 3.24. The van der Waals surface area contributed by atoms with Gasteiger partial charge in [-0.25, -0.2) is 4.98 Å². The molecule has 0 spiro atoms. The number of aromatic amines is 1. The molecule has 2 heterocycles. The number of rotatable bonds is 1. The summed E-state index contributed by atoms with van der Waals surface area (Å²) < 4.78 is 37.8. The van der Waals surface area contributed by atoms with Crippen molar-refractivity contribution >= 4 is 11.0 Å². The zero-order valence-electron chi connectivity index (χ0n) is 8.02. The van der Waals surface area contributed by atoms with Gasteiger partial charge in [0.05, 0.1) is 0 Å². The molecule has 0 aliphatic carbocycles. The number of aryl methyl sites for hydroxylation is 1. The fraction of sp³-hybridized carbons (Fsp3) is 0.300. The quantitative estimate of drug-likeness (QED) is 0.776. The number of alkyl halides is 3. The Balaban J connectivity index is 2.70. The van der Waals surface area contributed by atoms with E-state index in [-0.39, 0.29) is 11.2 Å². The number of nitrogens with one attached hydrogen (secondary N) is 1. The van der Waals surface area contributed by atoms with Crippen molar-refractivity contribution in [1.82, 2.24) is 9.97 Å². The van der Waals surface area contributed by atoms with Crippen LogP contribution in [0.15, 0.2) is 18.3 Å². The molecule has 0 unspecified atom stereocenters. The number of fused-ring (bicyclic) bond motifs is 1. The van der Waals surface area contributed by atoms with E-state index in [0.29, 0.717) is 11.8 Å². The fourth-order valence-corrected chi connectivity index (χ4v) is 1.54. The summed E-state index contributed by atoms with van der Waals surface area (Å²) in [5.41, 5.74) is -0.283. The van der Waals surface area contributed by atoms with Gasteiger partial charge in [-0.1, -0.05) is 6.92 Å². The molecule has 0 aliphatic heterocycles. The first kappa shape index (κ1) is 10.0. The molecule has 2 aromatic rings. The fourth-order valence-electron chi connectivity index (χ4n) is 1.54. The molecule has 80 valence electrons. The van der Waals surface area contributed by atoms with Crippen LogP contribution in [0.5, 0.6) is 0 Å². The minimum absolute atomic E-state index is 0.231. The van der Waals surface area contributed by atoms with Crippen LogP contribution in [0.1, 0.15) is 18.2 Å². The third-order valence-corrected chi connectivity index (χ3v) is 2.26. The molecular formula is C10H9F3N2. The molecule has 0 atom stereocenters. The van der Waals surface area contributed by atoms with E-state index in [1.54, 1.807) is 19.2 Å². The molecule has 0 aliphatic rings. The van der Waals surface area contributed by atoms with Gasteiger partial charge < -0.3 is 4.98 Å². The minimum Gasteiger partial charge on any atom is -0.346 e. The Morgan fingerprint density at radius 3 is 2.73 bits per heavy atom. The van der Waals surface area contributed by atoms with E-state index >= 15 is 0 Å². The number of nitrogens with zero attached hydrogens (tertiary/aromatic N) is 1. The Morgan fingerprint density at radius 2 is 2.13 bits per heavy atom. The SMILES string of the molecule is CCc1cc2cc[nH]c2nc1C(F)(F)F. The first-order valence-corrected chi connectivity index (χ1v) is 4.56. The van der Waals surface area contributed by atoms with Crippen LogP contribution in [-0.4, -0.2) is 9.97 Å². The zero-order chi connectivity index (χ0) is 11.1. The van der Waals surface area contributed by atoms with E-state index in [4.69, 9.17) is 0 Å². The van der Waals surface area contributed by atoms with Gasteiger partial charge in [-0.2, -0.15) is 13.2 Å². The smallest absolute Gasteiger partial charge is 0.346 e. The van der Waals surface area contributed by atoms with Crippen LogP contribution in [0, 0.1) is 0 Å². The Morgan fingerprint density at radius 1 is 1.40 bits per heavy atom. The summed E-state index contributed by atoms with van der Waals surface area (Å²) >= 11 is 0. The molecule has 2 aromatic heterocycles. The van der Waals surface area contributed by atoms with Crippen molar-refractivity contribution in [2.24, 2.45) is 0 Å². The number of aromatic nitrogens is 2. The first-order valence-electron chi connectivity index (χ1n) is 4.56. The predicted octanol–water partition coefficient (Wildman–Crippen LogP) is 3.14. The summed E-state index contributed by atoms with van der Waals surface area (Å²) in [6.07, 6.45) is -2.48. The third kappa shape index (κ3) is 1.69. The molecule has 0 saturated carbocycles. The number of hydrogen-bond acceptors (Lipinski definition) is 1. The Labute approximate surface area is 84.1 Å². The summed E-state index contributed by atoms with van der Waals surface area (Å²) in [5.74, 6) is 0. The number of pyridine rings is 1. The average Bonchev–Trinajstić information content (AvgIpc) is 2.60. The molecule has 5 heteroatoms. The van der Waals surface area contributed by atoms with Crippen LogP contribution in [0.3, 0.4) is 0 Å². The molecule has 0 bridgehead atoms. The monoisotopic (exact) mass is 214 g/mol. The van der Waals surface area contributed by atoms with Crippen LogP contribution in [0.25, 0.3) is 11.0 Å². The topological polar surface area (TPSA) is 28.7 Å². The van der Waals surface area contributed by atoms with Gasteiger partial charge in [-0.05, 0) is 24.1 Å². The predicted molar refractivity (Wildman–Crippen MR) is 50.5 cm³/mol. The maximum absolute atomic E-state index is 12.6. The van der Waals surface area contributed by atoms with Crippen molar-refractivity contribution in [1.29, 1.82) is 0 Å². The molecular weight excluding hydrogens is 205 g/mol. The van der Waals surface area contributed by atoms with Crippen LogP contribution >= 0.6 is 0 Å². The minimum atomic E-state index is -4.38. The van der Waals surface area contributed by atoms with Gasteiger partial charge in [-0.3, -0.25) is 0 Å². The molecule has 0 aromatic carbocycles. The maximum atomic E-state index is 12.6. The van der Waals surface area contributed by atoms with Crippen LogP contribution < -0.4 is 0 Å². The zero-order valence-corrected chi connectivity index (χ0v) is 8.02. The number of H-pyrrole nitrogens is 1. The second kappa shape index (κ2) is 3.25. The van der Waals surface area contributed by atoms with Gasteiger partial charge in [0.1, 0.15) is 11.3 Å². The lowest BCUT2D eigenvalue weighted by molar-refractivity contribution is -0.141. The van der Waals surface area contributed by atoms with E-state index in [0.717, 1.165) is 0 Å². The summed E-state index contributed by atoms with van der Waals surface area (Å²) in [5, 5.41) is 0.708. The van der Waals surface area contributed by atoms with Crippen LogP contribution in [-0.2, 0) is 12.6 Å². The summed E-state index contributed by atoms with van der Waals surface area (Å²) in [6.45, 7) is 1.69. The second-order valence-corrected chi connectivity index (χ2v) is 3.26. The second-order valence-electron chi connectivity index (χ2n) is 3.26. The van der Waals surface area contributed by atoms with Gasteiger partial charge >= 0.3 is 6.18 Å². The molecule has 0 fully saturated rings. The lowest BCUT2D eigenvalue weighted by Crippen LogP contribution is -2.11. The molecule has 2 nitrogen and oxygen atoms in total. The van der Waals surface area contributed by atoms with Crippen molar-refractivity contribution in [2.75, 3.05) is 0 Å². The average molecular weight is 214 g/mol. The van der Waals surface area contributed by atoms with Gasteiger partial charge in [0, 0.05) is 11.6 Å². The number of halogens is 3. The normalized spacial score (nSPS) is 12.3. The van der Waals surface area contributed by atoms with Gasteiger partial charge in [0.2, 0.25) is 0 Å². The number of hydrogen-bond donors (Lipinski definition) is 1. The Hall–Kier alpha value is -1.52. The lowest BCUT2D eigenvalue weighted by Gasteiger charge is -2.10. The first-order chi connectivity index (χ1) is 7.02. The highest BCUT2D eigenvalue weighted by molar-refractivity contribution is 5.76. The Kier molecular flexibility index (Phi) is 2.17. The molecule has 15 heavy (non-hydrogen) atoms. The highest BCUT2D eigenvalue weighted by Crippen LogP contribution is 2.32. The molecule has 0 saturated heterocycles. The standard InChI is InChI=1S/C10H9F3N2/c1-2-6-5-7-3-4-14-9(7)15-8(6)10(11,12)13/h3-5H,2H2,1H3,(H,14,15). The van der Waals surface area contributed by atoms with Crippen molar-refractivity contribution in [3.8, 4) is 0 Å². The maximum Gasteiger partial charge on any atom is 0.433 e. The largest absolute Gasteiger partial charge is 0.433 e. The van der Waals surface area contributed by atoms with Crippen molar-refractivity contribution in [3.63, 3.8) is 0 Å². The van der Waals surface area contributed by atoms with E-state index < -0.39 is 11.9 Å². The lowest BCUT2D eigenvalue weighted by atomic mass is 10.1. The van der Waals surface area contributed by atoms with E-state index in [9.17, 15) is 13.2 Å². The van der Waals surface area contributed by atoms with E-state index in [2.05, 4.69) is 9.97 Å². The van der Waals surface area contributed by atoms with Gasteiger partial charge in [0.25, 0.3) is 0 Å². The third-order valence-electron chi connectivity index (χ3n) is 2.26. The van der Waals surface area contributed by atoms with Crippen LogP contribution in [0.4, 0.5) is 13.2 Å². The van der Waals surface area contributed by atoms with Crippen LogP contribution in [0.2, 0.25) is 0 Å². The van der Waals surface area contributed by atoms with Crippen molar-refractivity contribution in [2.45, 2.75) is 19.5 Å².